The first-order valence-electron chi connectivity index (χ1n) is 8.64. The normalized spacial score (nSPS) is 10.7. The van der Waals surface area contributed by atoms with Crippen molar-refractivity contribution in [2.75, 3.05) is 20.0 Å². The van der Waals surface area contributed by atoms with Crippen LogP contribution in [0.3, 0.4) is 0 Å². The van der Waals surface area contributed by atoms with Crippen molar-refractivity contribution in [3.8, 4) is 28.6 Å². The van der Waals surface area contributed by atoms with Gasteiger partial charge in [-0.2, -0.15) is 0 Å². The molecule has 0 N–H and O–H groups in total. The van der Waals surface area contributed by atoms with Gasteiger partial charge in [-0.15, -0.1) is 10.2 Å². The average molecular weight is 369 g/mol. The van der Waals surface area contributed by atoms with Crippen LogP contribution in [0.4, 0.5) is 0 Å². The Kier molecular flexibility index (Phi) is 6.17. The summed E-state index contributed by atoms with van der Waals surface area (Å²) in [7, 11) is 3.28. The maximum absolute atomic E-state index is 5.47. The number of rotatable bonds is 8. The minimum atomic E-state index is 0.683. The van der Waals surface area contributed by atoms with Crippen LogP contribution in [-0.2, 0) is 0 Å². The van der Waals surface area contributed by atoms with Crippen LogP contribution >= 0.6 is 11.8 Å². The first kappa shape index (κ1) is 18.3. The number of nitrogens with zero attached hydrogens (tertiary/aromatic N) is 3. The zero-order valence-electron chi connectivity index (χ0n) is 15.3. The highest BCUT2D eigenvalue weighted by Crippen LogP contribution is 2.33. The Hall–Kier alpha value is -2.47. The molecule has 0 bridgehead atoms. The van der Waals surface area contributed by atoms with E-state index in [2.05, 4.69) is 21.7 Å². The molecule has 0 aliphatic heterocycles. The van der Waals surface area contributed by atoms with Gasteiger partial charge in [0.25, 0.3) is 0 Å². The lowest BCUT2D eigenvalue weighted by Gasteiger charge is -2.13. The highest BCUT2D eigenvalue weighted by atomic mass is 32.2. The standard InChI is InChI=1S/C20H23N3O2S/c1-4-5-13-26-20-22-21-19(15-9-7-6-8-10-15)23(20)16-11-12-17(24-2)18(14-16)25-3/h6-12,14H,4-5,13H2,1-3H3. The third kappa shape index (κ3) is 3.85. The minimum absolute atomic E-state index is 0.683. The van der Waals surface area contributed by atoms with E-state index in [1.807, 2.05) is 48.5 Å². The Labute approximate surface area is 158 Å². The molecule has 1 aromatic heterocycles. The molecule has 0 aliphatic carbocycles. The van der Waals surface area contributed by atoms with Crippen LogP contribution in [0.25, 0.3) is 17.1 Å². The van der Waals surface area contributed by atoms with Crippen LogP contribution in [0.15, 0.2) is 53.7 Å². The second-order valence-electron chi connectivity index (χ2n) is 5.75. The number of hydrogen-bond acceptors (Lipinski definition) is 5. The molecule has 2 aromatic carbocycles. The van der Waals surface area contributed by atoms with Crippen molar-refractivity contribution in [2.24, 2.45) is 0 Å². The van der Waals surface area contributed by atoms with Gasteiger partial charge < -0.3 is 9.47 Å². The maximum Gasteiger partial charge on any atom is 0.196 e. The van der Waals surface area contributed by atoms with Crippen molar-refractivity contribution in [1.29, 1.82) is 0 Å². The summed E-state index contributed by atoms with van der Waals surface area (Å²) >= 11 is 1.72. The van der Waals surface area contributed by atoms with Gasteiger partial charge in [-0.05, 0) is 18.6 Å². The Morgan fingerprint density at radius 2 is 1.73 bits per heavy atom. The number of unbranched alkanes of at least 4 members (excludes halogenated alkanes) is 1. The molecule has 0 saturated heterocycles. The van der Waals surface area contributed by atoms with Gasteiger partial charge in [-0.3, -0.25) is 4.57 Å². The van der Waals surface area contributed by atoms with E-state index in [0.717, 1.165) is 40.8 Å². The van der Waals surface area contributed by atoms with Gasteiger partial charge in [0.1, 0.15) is 0 Å². The summed E-state index contributed by atoms with van der Waals surface area (Å²) in [5.74, 6) is 3.21. The zero-order chi connectivity index (χ0) is 18.4. The molecule has 3 aromatic rings. The second kappa shape index (κ2) is 8.76. The van der Waals surface area contributed by atoms with Gasteiger partial charge in [-0.25, -0.2) is 0 Å². The fraction of sp³-hybridized carbons (Fsp3) is 0.300. The van der Waals surface area contributed by atoms with Crippen molar-refractivity contribution >= 4 is 11.8 Å². The Morgan fingerprint density at radius 1 is 0.962 bits per heavy atom. The zero-order valence-corrected chi connectivity index (χ0v) is 16.1. The highest BCUT2D eigenvalue weighted by molar-refractivity contribution is 7.99. The fourth-order valence-corrected chi connectivity index (χ4v) is 3.68. The summed E-state index contributed by atoms with van der Waals surface area (Å²) in [4.78, 5) is 0. The Balaban J connectivity index is 2.09. The third-order valence-electron chi connectivity index (χ3n) is 4.02. The van der Waals surface area contributed by atoms with E-state index >= 15 is 0 Å². The summed E-state index contributed by atoms with van der Waals surface area (Å²) in [6.07, 6.45) is 2.30. The largest absolute Gasteiger partial charge is 0.493 e. The van der Waals surface area contributed by atoms with Gasteiger partial charge >= 0.3 is 0 Å². The van der Waals surface area contributed by atoms with Crippen molar-refractivity contribution < 1.29 is 9.47 Å². The lowest BCUT2D eigenvalue weighted by Crippen LogP contribution is -2.01. The highest BCUT2D eigenvalue weighted by Gasteiger charge is 2.17. The molecule has 0 radical (unpaired) electrons. The van der Waals surface area contributed by atoms with Crippen molar-refractivity contribution in [2.45, 2.75) is 24.9 Å². The lowest BCUT2D eigenvalue weighted by molar-refractivity contribution is 0.355. The molecule has 0 aliphatic rings. The van der Waals surface area contributed by atoms with Crippen LogP contribution in [0.1, 0.15) is 19.8 Å². The van der Waals surface area contributed by atoms with E-state index in [4.69, 9.17) is 9.47 Å². The van der Waals surface area contributed by atoms with E-state index in [-0.39, 0.29) is 0 Å². The topological polar surface area (TPSA) is 49.2 Å². The molecule has 136 valence electrons. The number of methoxy groups -OCH3 is 2. The molecule has 0 atom stereocenters. The van der Waals surface area contributed by atoms with E-state index in [0.29, 0.717) is 11.5 Å². The molecule has 1 heterocycles. The molecule has 0 fully saturated rings. The molecule has 0 unspecified atom stereocenters. The van der Waals surface area contributed by atoms with Gasteiger partial charge in [0.15, 0.2) is 22.5 Å². The average Bonchev–Trinajstić information content (AvgIpc) is 3.12. The number of hydrogen-bond donors (Lipinski definition) is 0. The van der Waals surface area contributed by atoms with E-state index in [1.54, 1.807) is 26.0 Å². The molecule has 0 amide bonds. The molecule has 26 heavy (non-hydrogen) atoms. The Morgan fingerprint density at radius 3 is 2.42 bits per heavy atom. The Bertz CT molecular complexity index is 850. The predicted molar refractivity (Wildman–Crippen MR) is 106 cm³/mol. The summed E-state index contributed by atoms with van der Waals surface area (Å²) in [5, 5.41) is 9.78. The summed E-state index contributed by atoms with van der Waals surface area (Å²) in [6.45, 7) is 2.19. The number of aromatic nitrogens is 3. The van der Waals surface area contributed by atoms with Crippen molar-refractivity contribution in [1.82, 2.24) is 14.8 Å². The lowest BCUT2D eigenvalue weighted by atomic mass is 10.2. The summed E-state index contributed by atoms with van der Waals surface area (Å²) < 4.78 is 12.9. The smallest absolute Gasteiger partial charge is 0.196 e. The summed E-state index contributed by atoms with van der Waals surface area (Å²) in [6, 6.07) is 16.0. The molecule has 3 rings (SSSR count). The van der Waals surface area contributed by atoms with Crippen LogP contribution in [0.5, 0.6) is 11.5 Å². The molecular formula is C20H23N3O2S. The monoisotopic (exact) mass is 369 g/mol. The third-order valence-corrected chi connectivity index (χ3v) is 5.03. The van der Waals surface area contributed by atoms with E-state index in [9.17, 15) is 0 Å². The quantitative estimate of drug-likeness (QED) is 0.420. The van der Waals surface area contributed by atoms with Crippen LogP contribution < -0.4 is 9.47 Å². The molecule has 0 saturated carbocycles. The van der Waals surface area contributed by atoms with E-state index < -0.39 is 0 Å². The van der Waals surface area contributed by atoms with Gasteiger partial charge in [0.2, 0.25) is 0 Å². The van der Waals surface area contributed by atoms with Crippen molar-refractivity contribution in [3.63, 3.8) is 0 Å². The number of thioether (sulfide) groups is 1. The van der Waals surface area contributed by atoms with Gasteiger partial charge in [-0.1, -0.05) is 55.4 Å². The number of ether oxygens (including phenoxy) is 2. The van der Waals surface area contributed by atoms with Crippen LogP contribution in [-0.4, -0.2) is 34.7 Å². The van der Waals surface area contributed by atoms with Crippen LogP contribution in [0.2, 0.25) is 0 Å². The molecular weight excluding hydrogens is 346 g/mol. The predicted octanol–water partition coefficient (Wildman–Crippen LogP) is 4.84. The van der Waals surface area contributed by atoms with Crippen LogP contribution in [0, 0.1) is 0 Å². The first-order valence-corrected chi connectivity index (χ1v) is 9.63. The van der Waals surface area contributed by atoms with E-state index in [1.165, 1.54) is 0 Å². The van der Waals surface area contributed by atoms with Gasteiger partial charge in [0.05, 0.1) is 19.9 Å². The van der Waals surface area contributed by atoms with Crippen molar-refractivity contribution in [3.05, 3.63) is 48.5 Å². The second-order valence-corrected chi connectivity index (χ2v) is 6.81. The van der Waals surface area contributed by atoms with Gasteiger partial charge in [0, 0.05) is 17.4 Å². The first-order chi connectivity index (χ1) is 12.8. The minimum Gasteiger partial charge on any atom is -0.493 e. The SMILES string of the molecule is CCCCSc1nnc(-c2ccccc2)n1-c1ccc(OC)c(OC)c1. The molecule has 0 spiro atoms. The molecule has 5 nitrogen and oxygen atoms in total. The fourth-order valence-electron chi connectivity index (χ4n) is 2.64. The maximum atomic E-state index is 5.47. The number of benzene rings is 2. The summed E-state index contributed by atoms with van der Waals surface area (Å²) in [5.41, 5.74) is 1.97. The molecule has 6 heteroatoms.